The van der Waals surface area contributed by atoms with Crippen molar-refractivity contribution >= 4 is 46.0 Å². The number of ether oxygens (including phenoxy) is 1. The van der Waals surface area contributed by atoms with Gasteiger partial charge in [-0.2, -0.15) is 0 Å². The maximum Gasteiger partial charge on any atom is 0.311 e. The van der Waals surface area contributed by atoms with E-state index in [9.17, 15) is 19.5 Å². The molecule has 8 heteroatoms. The van der Waals surface area contributed by atoms with Gasteiger partial charge in [0.25, 0.3) is 5.91 Å². The molecule has 1 unspecified atom stereocenters. The molecule has 0 aliphatic carbocycles. The zero-order chi connectivity index (χ0) is 26.3. The average molecular weight is 533 g/mol. The number of amides is 2. The summed E-state index contributed by atoms with van der Waals surface area (Å²) in [5, 5.41) is 11.2. The van der Waals surface area contributed by atoms with E-state index in [1.54, 1.807) is 21.6 Å². The molecule has 198 valence electrons. The highest BCUT2D eigenvalue weighted by Gasteiger charge is 2.70. The molecular weight excluding hydrogens is 500 g/mol. The van der Waals surface area contributed by atoms with Crippen molar-refractivity contribution < 1.29 is 24.2 Å². The number of anilines is 1. The molecule has 2 amide bonds. The van der Waals surface area contributed by atoms with Crippen LogP contribution in [0.1, 0.15) is 25.7 Å². The molecule has 4 heterocycles. The lowest BCUT2D eigenvalue weighted by molar-refractivity contribution is -0.153. The summed E-state index contributed by atoms with van der Waals surface area (Å²) in [6.07, 6.45) is 10.8. The van der Waals surface area contributed by atoms with Gasteiger partial charge >= 0.3 is 5.97 Å². The SMILES string of the molecule is O=C1OCCC=C[C@@H]2S[C@]34C=CCN(c5ccc6ccccc6c5)C(=O)C3N(CCCCCO)C(=O)[C@@H]4[C@H]12. The van der Waals surface area contributed by atoms with Crippen LogP contribution in [0.4, 0.5) is 5.69 Å². The maximum absolute atomic E-state index is 14.5. The average Bonchev–Trinajstić information content (AvgIpc) is 3.29. The Kier molecular flexibility index (Phi) is 6.78. The number of nitrogens with zero attached hydrogens (tertiary/aromatic N) is 2. The Hall–Kier alpha value is -3.10. The van der Waals surface area contributed by atoms with E-state index >= 15 is 0 Å². The number of cyclic esters (lactones) is 1. The summed E-state index contributed by atoms with van der Waals surface area (Å²) in [7, 11) is 0. The third-order valence-corrected chi connectivity index (χ3v) is 9.97. The molecule has 2 aromatic carbocycles. The third kappa shape index (κ3) is 4.05. The molecule has 0 bridgehead atoms. The Morgan fingerprint density at radius 2 is 1.84 bits per heavy atom. The van der Waals surface area contributed by atoms with Crippen LogP contribution in [0.2, 0.25) is 0 Å². The van der Waals surface area contributed by atoms with Gasteiger partial charge in [-0.15, -0.1) is 11.8 Å². The lowest BCUT2D eigenvalue weighted by Gasteiger charge is -2.35. The monoisotopic (exact) mass is 532 g/mol. The molecule has 2 saturated heterocycles. The molecule has 1 spiro atoms. The normalized spacial score (nSPS) is 30.5. The van der Waals surface area contributed by atoms with E-state index in [2.05, 4.69) is 0 Å². The van der Waals surface area contributed by atoms with Crippen LogP contribution >= 0.6 is 11.8 Å². The fraction of sp³-hybridized carbons (Fsp3) is 0.433. The van der Waals surface area contributed by atoms with Crippen molar-refractivity contribution in [3.8, 4) is 0 Å². The number of unbranched alkanes of at least 4 members (excludes halogenated alkanes) is 2. The van der Waals surface area contributed by atoms with Crippen LogP contribution < -0.4 is 4.90 Å². The minimum absolute atomic E-state index is 0.0964. The van der Waals surface area contributed by atoms with Gasteiger partial charge in [0, 0.05) is 30.6 Å². The number of carbonyl (C=O) groups is 3. The second-order valence-corrected chi connectivity index (χ2v) is 11.9. The quantitative estimate of drug-likeness (QED) is 0.347. The number of likely N-dealkylation sites (tertiary alicyclic amines) is 1. The Morgan fingerprint density at radius 3 is 2.68 bits per heavy atom. The molecule has 2 fully saturated rings. The number of aliphatic hydroxyl groups excluding tert-OH is 1. The molecule has 5 atom stereocenters. The fourth-order valence-electron chi connectivity index (χ4n) is 6.49. The van der Waals surface area contributed by atoms with Crippen LogP contribution in [0, 0.1) is 11.8 Å². The van der Waals surface area contributed by atoms with E-state index in [1.807, 2.05) is 66.8 Å². The van der Waals surface area contributed by atoms with Gasteiger partial charge in [0.15, 0.2) is 0 Å². The molecule has 4 aliphatic heterocycles. The zero-order valence-electron chi connectivity index (χ0n) is 21.2. The minimum Gasteiger partial charge on any atom is -0.465 e. The summed E-state index contributed by atoms with van der Waals surface area (Å²) in [5.41, 5.74) is 0.792. The highest BCUT2D eigenvalue weighted by atomic mass is 32.2. The Labute approximate surface area is 226 Å². The Bertz CT molecular complexity index is 1320. The summed E-state index contributed by atoms with van der Waals surface area (Å²) < 4.78 is 4.70. The van der Waals surface area contributed by atoms with E-state index in [4.69, 9.17) is 4.74 Å². The van der Waals surface area contributed by atoms with Crippen LogP contribution in [-0.4, -0.2) is 70.1 Å². The molecular formula is C30H32N2O5S. The van der Waals surface area contributed by atoms with Crippen LogP contribution in [0.15, 0.2) is 66.8 Å². The summed E-state index contributed by atoms with van der Waals surface area (Å²) in [5.74, 6) is -1.91. The first-order valence-electron chi connectivity index (χ1n) is 13.5. The van der Waals surface area contributed by atoms with Gasteiger partial charge in [-0.05, 0) is 48.6 Å². The van der Waals surface area contributed by atoms with Gasteiger partial charge in [-0.3, -0.25) is 14.4 Å². The summed E-state index contributed by atoms with van der Waals surface area (Å²) in [4.78, 5) is 45.3. The third-order valence-electron chi connectivity index (χ3n) is 8.22. The second-order valence-electron chi connectivity index (χ2n) is 10.4. The fourth-order valence-corrected chi connectivity index (χ4v) is 8.50. The van der Waals surface area contributed by atoms with Crippen LogP contribution in [0.5, 0.6) is 0 Å². The molecule has 0 saturated carbocycles. The Balaban J connectivity index is 1.41. The number of thioether (sulfide) groups is 1. The van der Waals surface area contributed by atoms with Crippen LogP contribution in [-0.2, 0) is 19.1 Å². The van der Waals surface area contributed by atoms with Crippen LogP contribution in [0.3, 0.4) is 0 Å². The number of rotatable bonds is 6. The van der Waals surface area contributed by atoms with E-state index in [0.717, 1.165) is 22.9 Å². The van der Waals surface area contributed by atoms with Crippen molar-refractivity contribution in [1.82, 2.24) is 4.90 Å². The lowest BCUT2D eigenvalue weighted by atomic mass is 9.78. The number of esters is 1. The highest BCUT2D eigenvalue weighted by Crippen LogP contribution is 2.61. The molecule has 6 rings (SSSR count). The predicted octanol–water partition coefficient (Wildman–Crippen LogP) is 3.71. The van der Waals surface area contributed by atoms with E-state index in [1.165, 1.54) is 0 Å². The number of benzene rings is 2. The second kappa shape index (κ2) is 10.2. The molecule has 2 aromatic rings. The first-order chi connectivity index (χ1) is 18.5. The summed E-state index contributed by atoms with van der Waals surface area (Å²) >= 11 is 1.57. The van der Waals surface area contributed by atoms with E-state index in [0.29, 0.717) is 39.0 Å². The van der Waals surface area contributed by atoms with Crippen LogP contribution in [0.25, 0.3) is 10.8 Å². The van der Waals surface area contributed by atoms with Crippen molar-refractivity contribution in [3.63, 3.8) is 0 Å². The van der Waals surface area contributed by atoms with Crippen molar-refractivity contribution in [2.45, 2.75) is 41.7 Å². The number of hydrogen-bond acceptors (Lipinski definition) is 6. The summed E-state index contributed by atoms with van der Waals surface area (Å²) in [6, 6.07) is 13.3. The summed E-state index contributed by atoms with van der Waals surface area (Å²) in [6.45, 7) is 1.20. The minimum atomic E-state index is -0.847. The molecule has 7 nitrogen and oxygen atoms in total. The first-order valence-corrected chi connectivity index (χ1v) is 14.3. The first kappa shape index (κ1) is 25.2. The van der Waals surface area contributed by atoms with Gasteiger partial charge in [0.2, 0.25) is 5.91 Å². The molecule has 1 N–H and O–H groups in total. The predicted molar refractivity (Wildman–Crippen MR) is 148 cm³/mol. The lowest BCUT2D eigenvalue weighted by Crippen LogP contribution is -2.53. The number of hydrogen-bond donors (Lipinski definition) is 1. The van der Waals surface area contributed by atoms with Gasteiger partial charge in [-0.25, -0.2) is 0 Å². The number of aliphatic hydroxyl groups is 1. The van der Waals surface area contributed by atoms with Gasteiger partial charge in [0.05, 0.1) is 23.2 Å². The topological polar surface area (TPSA) is 87.2 Å². The van der Waals surface area contributed by atoms with Gasteiger partial charge < -0.3 is 19.6 Å². The highest BCUT2D eigenvalue weighted by molar-refractivity contribution is 8.02. The van der Waals surface area contributed by atoms with E-state index in [-0.39, 0.29) is 29.6 Å². The molecule has 4 aliphatic rings. The number of fused-ring (bicyclic) bond motifs is 3. The zero-order valence-corrected chi connectivity index (χ0v) is 22.0. The van der Waals surface area contributed by atoms with Gasteiger partial charge in [-0.1, -0.05) is 54.6 Å². The maximum atomic E-state index is 14.5. The van der Waals surface area contributed by atoms with Crippen molar-refractivity contribution in [1.29, 1.82) is 0 Å². The van der Waals surface area contributed by atoms with Crippen molar-refractivity contribution in [3.05, 3.63) is 66.8 Å². The molecule has 0 aromatic heterocycles. The standard InChI is InChI=1S/C30H32N2O5S/c33-17-6-1-5-15-32-26-28(35)31(22-13-12-20-9-2-3-10-21(20)19-22)16-8-14-30(26)25(27(32)34)24-23(38-30)11-4-7-18-37-29(24)36/h2-4,8-14,19,23-26,33H,1,5-7,15-18H2/t23-,24+,25-,26?,30-/m0/s1. The largest absolute Gasteiger partial charge is 0.465 e. The van der Waals surface area contributed by atoms with Gasteiger partial charge in [0.1, 0.15) is 6.04 Å². The van der Waals surface area contributed by atoms with E-state index < -0.39 is 22.6 Å². The van der Waals surface area contributed by atoms with Crippen molar-refractivity contribution in [2.75, 3.05) is 31.2 Å². The smallest absolute Gasteiger partial charge is 0.311 e. The molecule has 38 heavy (non-hydrogen) atoms. The molecule has 0 radical (unpaired) electrons. The van der Waals surface area contributed by atoms with Crippen molar-refractivity contribution in [2.24, 2.45) is 11.8 Å². The number of carbonyl (C=O) groups excluding carboxylic acids is 3. The Morgan fingerprint density at radius 1 is 1.00 bits per heavy atom.